The van der Waals surface area contributed by atoms with E-state index in [1.807, 2.05) is 18.2 Å². The highest BCUT2D eigenvalue weighted by Crippen LogP contribution is 2.00. The monoisotopic (exact) mass is 197 g/mol. The highest BCUT2D eigenvalue weighted by Gasteiger charge is 2.10. The molecule has 0 spiro atoms. The van der Waals surface area contributed by atoms with Gasteiger partial charge in [-0.25, -0.2) is 0 Å². The molecule has 13 heavy (non-hydrogen) atoms. The van der Waals surface area contributed by atoms with Crippen LogP contribution in [0.25, 0.3) is 0 Å². The summed E-state index contributed by atoms with van der Waals surface area (Å²) in [5.74, 6) is 0. The molecule has 0 heterocycles. The van der Waals surface area contributed by atoms with Gasteiger partial charge >= 0.3 is 9.28 Å². The van der Waals surface area contributed by atoms with Gasteiger partial charge in [0.05, 0.1) is 0 Å². The van der Waals surface area contributed by atoms with Crippen LogP contribution in [-0.2, 0) is 6.42 Å². The second-order valence-corrected chi connectivity index (χ2v) is 4.33. The Morgan fingerprint density at radius 3 is 2.54 bits per heavy atom. The molecule has 0 aliphatic heterocycles. The van der Waals surface area contributed by atoms with Crippen LogP contribution in [0.2, 0.25) is 0 Å². The van der Waals surface area contributed by atoms with Crippen LogP contribution in [-0.4, -0.2) is 25.4 Å². The number of nitrogens with two attached hydrogens (primary N) is 1. The molecule has 1 rings (SSSR count). The molecule has 0 atom stereocenters. The van der Waals surface area contributed by atoms with Gasteiger partial charge in [-0.15, -0.1) is 0 Å². The normalized spacial score (nSPS) is 10.8. The Kier molecular flexibility index (Phi) is 4.11. The van der Waals surface area contributed by atoms with Gasteiger partial charge in [0.2, 0.25) is 0 Å². The summed E-state index contributed by atoms with van der Waals surface area (Å²) in [5.41, 5.74) is 6.41. The molecule has 0 saturated carbocycles. The van der Waals surface area contributed by atoms with Gasteiger partial charge in [0.25, 0.3) is 0 Å². The highest BCUT2D eigenvalue weighted by atomic mass is 28.3. The summed E-state index contributed by atoms with van der Waals surface area (Å²) in [6, 6.07) is 7.44. The zero-order valence-electron chi connectivity index (χ0n) is 7.48. The van der Waals surface area contributed by atoms with Gasteiger partial charge in [-0.2, -0.15) is 0 Å². The number of hydrogen-bond donors (Lipinski definition) is 3. The summed E-state index contributed by atoms with van der Waals surface area (Å²) in [6.45, 7) is 0.636. The third-order valence-corrected chi connectivity index (χ3v) is 3.10. The fourth-order valence-electron chi connectivity index (χ4n) is 1.31. The van der Waals surface area contributed by atoms with Crippen LogP contribution in [0.4, 0.5) is 0 Å². The third kappa shape index (κ3) is 2.93. The van der Waals surface area contributed by atoms with E-state index in [9.17, 15) is 0 Å². The van der Waals surface area contributed by atoms with Crippen molar-refractivity contribution in [3.63, 3.8) is 0 Å². The van der Waals surface area contributed by atoms with Crippen LogP contribution in [0.3, 0.4) is 0 Å². The quantitative estimate of drug-likeness (QED) is 0.542. The predicted octanol–water partition coefficient (Wildman–Crippen LogP) is -1.01. The second kappa shape index (κ2) is 5.13. The molecule has 0 saturated heterocycles. The lowest BCUT2D eigenvalue weighted by Gasteiger charge is -2.08. The lowest BCUT2D eigenvalue weighted by atomic mass is 10.1. The summed E-state index contributed by atoms with van der Waals surface area (Å²) in [6.07, 6.45) is 1.72. The molecule has 72 valence electrons. The molecule has 4 heteroatoms. The summed E-state index contributed by atoms with van der Waals surface area (Å²) >= 11 is 0. The number of rotatable bonds is 4. The Morgan fingerprint density at radius 2 is 1.92 bits per heavy atom. The van der Waals surface area contributed by atoms with Crippen molar-refractivity contribution in [3.05, 3.63) is 29.8 Å². The Balaban J connectivity index is 2.78. The second-order valence-electron chi connectivity index (χ2n) is 2.96. The van der Waals surface area contributed by atoms with Crippen molar-refractivity contribution in [2.45, 2.75) is 12.8 Å². The molecule has 0 unspecified atom stereocenters. The standard InChI is InChI=1S/C9H15NO2Si/c10-7-3-5-8-4-1-2-6-9(8)13(11)12/h1-2,4,6,11-13H,3,5,7,10H2. The molecular weight excluding hydrogens is 182 g/mol. The Bertz CT molecular complexity index is 266. The summed E-state index contributed by atoms with van der Waals surface area (Å²) in [5, 5.41) is 0.718. The van der Waals surface area contributed by atoms with E-state index in [0.717, 1.165) is 23.6 Å². The number of benzene rings is 1. The Labute approximate surface area is 79.7 Å². The van der Waals surface area contributed by atoms with Crippen LogP contribution in [0.1, 0.15) is 12.0 Å². The first-order valence-electron chi connectivity index (χ1n) is 4.39. The van der Waals surface area contributed by atoms with E-state index in [1.165, 1.54) is 0 Å². The zero-order valence-corrected chi connectivity index (χ0v) is 8.63. The molecule has 1 aromatic rings. The smallest absolute Gasteiger partial charge is 0.350 e. The molecule has 4 N–H and O–H groups in total. The molecule has 0 bridgehead atoms. The molecule has 0 aliphatic carbocycles. The van der Waals surface area contributed by atoms with Gasteiger partial charge in [-0.1, -0.05) is 24.3 Å². The first kappa shape index (κ1) is 10.4. The summed E-state index contributed by atoms with van der Waals surface area (Å²) in [4.78, 5) is 18.3. The fourth-order valence-corrected chi connectivity index (χ4v) is 2.16. The molecule has 0 fully saturated rings. The highest BCUT2D eigenvalue weighted by molar-refractivity contribution is 6.59. The third-order valence-electron chi connectivity index (χ3n) is 1.98. The molecule has 0 amide bonds. The largest absolute Gasteiger partial charge is 0.410 e. The van der Waals surface area contributed by atoms with E-state index in [4.69, 9.17) is 15.3 Å². The summed E-state index contributed by atoms with van der Waals surface area (Å²) in [7, 11) is -2.65. The van der Waals surface area contributed by atoms with E-state index in [0.29, 0.717) is 6.54 Å². The van der Waals surface area contributed by atoms with Gasteiger partial charge in [-0.3, -0.25) is 0 Å². The van der Waals surface area contributed by atoms with Crippen LogP contribution in [0.5, 0.6) is 0 Å². The number of aryl methyl sites for hydroxylation is 1. The number of hydrogen-bond acceptors (Lipinski definition) is 3. The van der Waals surface area contributed by atoms with Crippen molar-refractivity contribution in [1.82, 2.24) is 0 Å². The van der Waals surface area contributed by atoms with E-state index in [2.05, 4.69) is 0 Å². The van der Waals surface area contributed by atoms with Crippen molar-refractivity contribution in [2.75, 3.05) is 6.54 Å². The maximum atomic E-state index is 9.17. The van der Waals surface area contributed by atoms with Crippen LogP contribution < -0.4 is 10.9 Å². The van der Waals surface area contributed by atoms with Gasteiger partial charge in [0.15, 0.2) is 0 Å². The summed E-state index contributed by atoms with van der Waals surface area (Å²) < 4.78 is 0. The molecule has 3 nitrogen and oxygen atoms in total. The molecule has 0 aromatic heterocycles. The Morgan fingerprint density at radius 1 is 1.23 bits per heavy atom. The maximum Gasteiger partial charge on any atom is 0.350 e. The Hall–Kier alpha value is -0.683. The van der Waals surface area contributed by atoms with E-state index in [-0.39, 0.29) is 0 Å². The van der Waals surface area contributed by atoms with Gasteiger partial charge in [0.1, 0.15) is 0 Å². The van der Waals surface area contributed by atoms with Crippen LogP contribution in [0, 0.1) is 0 Å². The van der Waals surface area contributed by atoms with E-state index >= 15 is 0 Å². The fraction of sp³-hybridized carbons (Fsp3) is 0.333. The van der Waals surface area contributed by atoms with Gasteiger partial charge in [0, 0.05) is 0 Å². The SMILES string of the molecule is NCCCc1ccccc1[SiH](O)O. The lowest BCUT2D eigenvalue weighted by Crippen LogP contribution is -2.33. The average molecular weight is 197 g/mol. The minimum Gasteiger partial charge on any atom is -0.410 e. The van der Waals surface area contributed by atoms with Crippen LogP contribution >= 0.6 is 0 Å². The van der Waals surface area contributed by atoms with Crippen LogP contribution in [0.15, 0.2) is 24.3 Å². The average Bonchev–Trinajstić information content (AvgIpc) is 2.15. The zero-order chi connectivity index (χ0) is 9.68. The van der Waals surface area contributed by atoms with Gasteiger partial charge in [-0.05, 0) is 30.1 Å². The molecule has 1 aromatic carbocycles. The first-order valence-corrected chi connectivity index (χ1v) is 6.00. The molecule has 0 radical (unpaired) electrons. The van der Waals surface area contributed by atoms with Crippen molar-refractivity contribution in [1.29, 1.82) is 0 Å². The predicted molar refractivity (Wildman–Crippen MR) is 55.0 cm³/mol. The first-order chi connectivity index (χ1) is 6.25. The minimum atomic E-state index is -2.65. The topological polar surface area (TPSA) is 66.5 Å². The molecular formula is C9H15NO2Si. The van der Waals surface area contributed by atoms with Crippen molar-refractivity contribution in [2.24, 2.45) is 5.73 Å². The van der Waals surface area contributed by atoms with Crippen molar-refractivity contribution in [3.8, 4) is 0 Å². The van der Waals surface area contributed by atoms with Crippen molar-refractivity contribution < 1.29 is 9.59 Å². The van der Waals surface area contributed by atoms with Crippen molar-refractivity contribution >= 4 is 14.5 Å². The molecule has 0 aliphatic rings. The minimum absolute atomic E-state index is 0.636. The maximum absolute atomic E-state index is 9.17. The van der Waals surface area contributed by atoms with E-state index < -0.39 is 9.28 Å². The lowest BCUT2D eigenvalue weighted by molar-refractivity contribution is 0.425. The van der Waals surface area contributed by atoms with Gasteiger partial charge < -0.3 is 15.3 Å². The van der Waals surface area contributed by atoms with E-state index in [1.54, 1.807) is 6.07 Å².